The predicted octanol–water partition coefficient (Wildman–Crippen LogP) is 4.82. The molecule has 0 fully saturated rings. The molecule has 3 rings (SSSR count). The fraction of sp³-hybridized carbons (Fsp3) is 0.304. The summed E-state index contributed by atoms with van der Waals surface area (Å²) in [5.74, 6) is -0.113. The lowest BCUT2D eigenvalue weighted by Gasteiger charge is -2.13. The molecule has 0 aliphatic heterocycles. The number of rotatable bonds is 5. The van der Waals surface area contributed by atoms with E-state index in [0.717, 1.165) is 5.56 Å². The van der Waals surface area contributed by atoms with Crippen molar-refractivity contribution in [1.29, 1.82) is 0 Å². The van der Waals surface area contributed by atoms with Crippen LogP contribution in [0.4, 0.5) is 0 Å². The summed E-state index contributed by atoms with van der Waals surface area (Å²) >= 11 is 0. The number of aromatic nitrogens is 2. The normalized spacial score (nSPS) is 12.4. The maximum Gasteiger partial charge on any atom is 0.339 e. The SMILES string of the molecule is Cc1ccc(C(=O)c2ccccc2C(=O)O[C@H](C)c2nc(C(C)(C)C)no2)cc1. The minimum Gasteiger partial charge on any atom is -0.449 e. The van der Waals surface area contributed by atoms with Gasteiger partial charge in [-0.3, -0.25) is 4.79 Å². The first-order valence-corrected chi connectivity index (χ1v) is 9.42. The van der Waals surface area contributed by atoms with Gasteiger partial charge < -0.3 is 9.26 Å². The number of hydrogen-bond acceptors (Lipinski definition) is 6. The summed E-state index contributed by atoms with van der Waals surface area (Å²) in [7, 11) is 0. The number of ketones is 1. The Morgan fingerprint density at radius 3 is 2.21 bits per heavy atom. The van der Waals surface area contributed by atoms with Gasteiger partial charge in [-0.2, -0.15) is 4.98 Å². The van der Waals surface area contributed by atoms with Crippen LogP contribution in [-0.4, -0.2) is 21.9 Å². The van der Waals surface area contributed by atoms with Crippen molar-refractivity contribution < 1.29 is 18.8 Å². The maximum absolute atomic E-state index is 12.9. The van der Waals surface area contributed by atoms with Crippen LogP contribution in [0.25, 0.3) is 0 Å². The van der Waals surface area contributed by atoms with Gasteiger partial charge in [0.2, 0.25) is 0 Å². The minimum absolute atomic E-state index is 0.195. The van der Waals surface area contributed by atoms with E-state index in [4.69, 9.17) is 9.26 Å². The molecule has 1 aromatic heterocycles. The molecule has 0 aliphatic rings. The largest absolute Gasteiger partial charge is 0.449 e. The van der Waals surface area contributed by atoms with E-state index in [0.29, 0.717) is 11.4 Å². The molecule has 0 spiro atoms. The number of carbonyl (C=O) groups is 2. The second-order valence-corrected chi connectivity index (χ2v) is 7.99. The van der Waals surface area contributed by atoms with Gasteiger partial charge in [0.15, 0.2) is 17.7 Å². The molecule has 2 aromatic carbocycles. The lowest BCUT2D eigenvalue weighted by atomic mass is 9.96. The Morgan fingerprint density at radius 1 is 1.00 bits per heavy atom. The molecule has 1 heterocycles. The zero-order valence-corrected chi connectivity index (χ0v) is 17.2. The monoisotopic (exact) mass is 392 g/mol. The molecule has 0 amide bonds. The van der Waals surface area contributed by atoms with Crippen LogP contribution in [-0.2, 0) is 10.2 Å². The first-order valence-electron chi connectivity index (χ1n) is 9.42. The van der Waals surface area contributed by atoms with E-state index in [9.17, 15) is 9.59 Å². The first kappa shape index (κ1) is 20.5. The highest BCUT2D eigenvalue weighted by molar-refractivity contribution is 6.14. The topological polar surface area (TPSA) is 82.3 Å². The third kappa shape index (κ3) is 4.59. The quantitative estimate of drug-likeness (QED) is 0.457. The number of ether oxygens (including phenoxy) is 1. The number of aryl methyl sites for hydroxylation is 1. The van der Waals surface area contributed by atoms with E-state index in [2.05, 4.69) is 10.1 Å². The van der Waals surface area contributed by atoms with E-state index < -0.39 is 12.1 Å². The third-order valence-corrected chi connectivity index (χ3v) is 4.45. The molecule has 0 radical (unpaired) electrons. The van der Waals surface area contributed by atoms with Crippen molar-refractivity contribution in [2.24, 2.45) is 0 Å². The summed E-state index contributed by atoms with van der Waals surface area (Å²) in [6.45, 7) is 9.49. The Kier molecular flexibility index (Phi) is 5.64. The Hall–Kier alpha value is -3.28. The lowest BCUT2D eigenvalue weighted by Crippen LogP contribution is -2.16. The van der Waals surface area contributed by atoms with Gasteiger partial charge in [-0.15, -0.1) is 0 Å². The van der Waals surface area contributed by atoms with E-state index in [1.54, 1.807) is 43.3 Å². The third-order valence-electron chi connectivity index (χ3n) is 4.45. The standard InChI is InChI=1S/C23H24N2O4/c1-14-10-12-16(13-11-14)19(26)17-8-6-7-9-18(17)21(27)28-15(2)20-24-22(25-29-20)23(3,4)5/h6-13,15H,1-5H3/t15-/m1/s1. The van der Waals surface area contributed by atoms with Crippen molar-refractivity contribution >= 4 is 11.8 Å². The number of carbonyl (C=O) groups excluding carboxylic acids is 2. The number of benzene rings is 2. The summed E-state index contributed by atoms with van der Waals surface area (Å²) in [5, 5.41) is 3.95. The second-order valence-electron chi connectivity index (χ2n) is 7.99. The average Bonchev–Trinajstić information content (AvgIpc) is 3.19. The molecule has 0 aliphatic carbocycles. The Balaban J connectivity index is 1.82. The van der Waals surface area contributed by atoms with Crippen molar-refractivity contribution in [3.8, 4) is 0 Å². The van der Waals surface area contributed by atoms with Gasteiger partial charge in [0.05, 0.1) is 5.56 Å². The molecular weight excluding hydrogens is 368 g/mol. The lowest BCUT2D eigenvalue weighted by molar-refractivity contribution is 0.0263. The van der Waals surface area contributed by atoms with E-state index in [1.165, 1.54) is 0 Å². The highest BCUT2D eigenvalue weighted by Gasteiger charge is 2.26. The van der Waals surface area contributed by atoms with Crippen molar-refractivity contribution in [1.82, 2.24) is 10.1 Å². The Morgan fingerprint density at radius 2 is 1.62 bits per heavy atom. The van der Waals surface area contributed by atoms with Crippen LogP contribution in [0.1, 0.15) is 77.4 Å². The van der Waals surface area contributed by atoms with Crippen molar-refractivity contribution in [3.05, 3.63) is 82.5 Å². The van der Waals surface area contributed by atoms with Gasteiger partial charge in [0.25, 0.3) is 5.89 Å². The zero-order chi connectivity index (χ0) is 21.2. The molecule has 3 aromatic rings. The highest BCUT2D eigenvalue weighted by atomic mass is 16.6. The van der Waals surface area contributed by atoms with Gasteiger partial charge in [0, 0.05) is 16.5 Å². The smallest absolute Gasteiger partial charge is 0.339 e. The summed E-state index contributed by atoms with van der Waals surface area (Å²) in [5.41, 5.74) is 1.77. The second kappa shape index (κ2) is 7.99. The van der Waals surface area contributed by atoms with Crippen LogP contribution in [0.15, 0.2) is 53.1 Å². The average molecular weight is 392 g/mol. The number of hydrogen-bond donors (Lipinski definition) is 0. The van der Waals surface area contributed by atoms with Crippen LogP contribution < -0.4 is 0 Å². The Labute approximate surface area is 169 Å². The van der Waals surface area contributed by atoms with Gasteiger partial charge in [-0.25, -0.2) is 4.79 Å². The van der Waals surface area contributed by atoms with Crippen molar-refractivity contribution in [2.45, 2.75) is 46.1 Å². The van der Waals surface area contributed by atoms with Gasteiger partial charge in [-0.1, -0.05) is 74.0 Å². The zero-order valence-electron chi connectivity index (χ0n) is 17.2. The maximum atomic E-state index is 12.9. The van der Waals surface area contributed by atoms with Crippen LogP contribution in [0.2, 0.25) is 0 Å². The summed E-state index contributed by atoms with van der Waals surface area (Å²) in [4.78, 5) is 30.0. The molecule has 0 saturated carbocycles. The summed E-state index contributed by atoms with van der Waals surface area (Å²) in [6, 6.07) is 13.8. The van der Waals surface area contributed by atoms with E-state index in [-0.39, 0.29) is 28.2 Å². The van der Waals surface area contributed by atoms with Gasteiger partial charge in [0.1, 0.15) is 0 Å². The van der Waals surface area contributed by atoms with E-state index in [1.807, 2.05) is 39.8 Å². The molecular formula is C23H24N2O4. The fourth-order valence-corrected chi connectivity index (χ4v) is 2.70. The Bertz CT molecular complexity index is 1030. The van der Waals surface area contributed by atoms with Crippen molar-refractivity contribution in [3.63, 3.8) is 0 Å². The van der Waals surface area contributed by atoms with Crippen LogP contribution in [0.3, 0.4) is 0 Å². The molecule has 1 atom stereocenters. The number of esters is 1. The van der Waals surface area contributed by atoms with Gasteiger partial charge >= 0.3 is 5.97 Å². The summed E-state index contributed by atoms with van der Waals surface area (Å²) < 4.78 is 10.7. The van der Waals surface area contributed by atoms with Crippen LogP contribution in [0, 0.1) is 6.92 Å². The highest BCUT2D eigenvalue weighted by Crippen LogP contribution is 2.24. The molecule has 29 heavy (non-hydrogen) atoms. The first-order chi connectivity index (χ1) is 13.7. The minimum atomic E-state index is -0.742. The molecule has 6 nitrogen and oxygen atoms in total. The molecule has 0 saturated heterocycles. The summed E-state index contributed by atoms with van der Waals surface area (Å²) in [6.07, 6.45) is -0.742. The molecule has 0 bridgehead atoms. The predicted molar refractivity (Wildman–Crippen MR) is 108 cm³/mol. The van der Waals surface area contributed by atoms with Crippen LogP contribution in [0.5, 0.6) is 0 Å². The van der Waals surface area contributed by atoms with Crippen molar-refractivity contribution in [2.75, 3.05) is 0 Å². The fourth-order valence-electron chi connectivity index (χ4n) is 2.70. The number of nitrogens with zero attached hydrogens (tertiary/aromatic N) is 2. The van der Waals surface area contributed by atoms with Gasteiger partial charge in [-0.05, 0) is 19.9 Å². The molecule has 0 unspecified atom stereocenters. The van der Waals surface area contributed by atoms with Crippen LogP contribution >= 0.6 is 0 Å². The molecule has 150 valence electrons. The molecule has 6 heteroatoms. The molecule has 0 N–H and O–H groups in total. The van der Waals surface area contributed by atoms with E-state index >= 15 is 0 Å².